The minimum Gasteiger partial charge on any atom is -0.377 e. The first kappa shape index (κ1) is 10.7. The van der Waals surface area contributed by atoms with Crippen LogP contribution in [-0.2, 0) is 11.3 Å². The monoisotopic (exact) mass is 238 g/mol. The number of ether oxygens (including phenoxy) is 1. The van der Waals surface area contributed by atoms with Gasteiger partial charge in [0.05, 0.1) is 17.3 Å². The quantitative estimate of drug-likeness (QED) is 0.875. The van der Waals surface area contributed by atoms with E-state index in [4.69, 9.17) is 4.74 Å². The molecule has 88 valence electrons. The van der Waals surface area contributed by atoms with Gasteiger partial charge in [0.25, 0.3) is 0 Å². The van der Waals surface area contributed by atoms with Crippen molar-refractivity contribution >= 4 is 11.3 Å². The van der Waals surface area contributed by atoms with Crippen molar-refractivity contribution in [1.82, 2.24) is 10.3 Å². The highest BCUT2D eigenvalue weighted by atomic mass is 32.1. The maximum absolute atomic E-state index is 5.78. The highest BCUT2D eigenvalue weighted by molar-refractivity contribution is 7.07. The van der Waals surface area contributed by atoms with Gasteiger partial charge in [-0.1, -0.05) is 13.8 Å². The third-order valence-electron chi connectivity index (χ3n) is 4.09. The summed E-state index contributed by atoms with van der Waals surface area (Å²) in [5.41, 5.74) is 3.32. The second-order valence-corrected chi connectivity index (χ2v) is 6.12. The van der Waals surface area contributed by atoms with E-state index in [2.05, 4.69) is 29.5 Å². The lowest BCUT2D eigenvalue weighted by Gasteiger charge is -2.54. The van der Waals surface area contributed by atoms with Crippen molar-refractivity contribution in [3.63, 3.8) is 0 Å². The van der Waals surface area contributed by atoms with Crippen molar-refractivity contribution in [3.8, 4) is 0 Å². The second kappa shape index (κ2) is 3.79. The van der Waals surface area contributed by atoms with E-state index in [1.807, 2.05) is 5.51 Å². The summed E-state index contributed by atoms with van der Waals surface area (Å²) in [6, 6.07) is 0.585. The standard InChI is InChI=1S/C12H18N2OS/c1-12(2)10(9-3-4-15-11(9)12)13-5-8-6-16-7-14-8/h6-7,9-11,13H,3-5H2,1-2H3. The fourth-order valence-corrected chi connectivity index (χ4v) is 3.84. The predicted octanol–water partition coefficient (Wildman–Crippen LogP) is 2.05. The lowest BCUT2D eigenvalue weighted by Crippen LogP contribution is -2.65. The van der Waals surface area contributed by atoms with Gasteiger partial charge in [-0.2, -0.15) is 0 Å². The largest absolute Gasteiger partial charge is 0.377 e. The van der Waals surface area contributed by atoms with Gasteiger partial charge in [0, 0.05) is 35.9 Å². The molecular formula is C12H18N2OS. The molecule has 3 rings (SSSR count). The van der Waals surface area contributed by atoms with Crippen LogP contribution in [0.15, 0.2) is 10.9 Å². The van der Waals surface area contributed by atoms with Crippen molar-refractivity contribution in [3.05, 3.63) is 16.6 Å². The Bertz CT molecular complexity index is 363. The maximum atomic E-state index is 5.78. The van der Waals surface area contributed by atoms with Crippen LogP contribution in [0.2, 0.25) is 0 Å². The van der Waals surface area contributed by atoms with E-state index in [0.717, 1.165) is 18.8 Å². The van der Waals surface area contributed by atoms with Crippen molar-refractivity contribution in [2.75, 3.05) is 6.61 Å². The van der Waals surface area contributed by atoms with Gasteiger partial charge < -0.3 is 10.1 Å². The number of nitrogens with zero attached hydrogens (tertiary/aromatic N) is 1. The lowest BCUT2D eigenvalue weighted by molar-refractivity contribution is -0.113. The van der Waals surface area contributed by atoms with Crippen molar-refractivity contribution in [1.29, 1.82) is 0 Å². The van der Waals surface area contributed by atoms with E-state index in [1.165, 1.54) is 6.42 Å². The molecule has 2 fully saturated rings. The van der Waals surface area contributed by atoms with Crippen molar-refractivity contribution in [2.24, 2.45) is 11.3 Å². The highest BCUT2D eigenvalue weighted by Gasteiger charge is 2.58. The summed E-state index contributed by atoms with van der Waals surface area (Å²) in [6.45, 7) is 6.44. The molecule has 1 aliphatic heterocycles. The van der Waals surface area contributed by atoms with Crippen LogP contribution in [0.5, 0.6) is 0 Å². The number of hydrogen-bond acceptors (Lipinski definition) is 4. The van der Waals surface area contributed by atoms with Gasteiger partial charge in [-0.05, 0) is 6.42 Å². The van der Waals surface area contributed by atoms with Gasteiger partial charge >= 0.3 is 0 Å². The van der Waals surface area contributed by atoms with Gasteiger partial charge in [-0.3, -0.25) is 0 Å². The van der Waals surface area contributed by atoms with Crippen LogP contribution >= 0.6 is 11.3 Å². The number of fused-ring (bicyclic) bond motifs is 1. The van der Waals surface area contributed by atoms with Crippen LogP contribution in [0.3, 0.4) is 0 Å². The predicted molar refractivity (Wildman–Crippen MR) is 64.4 cm³/mol. The summed E-state index contributed by atoms with van der Waals surface area (Å²) in [4.78, 5) is 4.30. The van der Waals surface area contributed by atoms with E-state index in [0.29, 0.717) is 18.1 Å². The maximum Gasteiger partial charge on any atom is 0.0795 e. The van der Waals surface area contributed by atoms with Gasteiger partial charge in [-0.15, -0.1) is 11.3 Å². The Labute approximate surface area is 100 Å². The zero-order valence-electron chi connectivity index (χ0n) is 9.77. The van der Waals surface area contributed by atoms with E-state index in [1.54, 1.807) is 11.3 Å². The topological polar surface area (TPSA) is 34.2 Å². The lowest BCUT2D eigenvalue weighted by atomic mass is 9.57. The molecule has 3 nitrogen and oxygen atoms in total. The molecule has 0 spiro atoms. The summed E-state index contributed by atoms with van der Waals surface area (Å²) >= 11 is 1.66. The number of hydrogen-bond donors (Lipinski definition) is 1. The molecule has 3 unspecified atom stereocenters. The third-order valence-corrected chi connectivity index (χ3v) is 4.72. The van der Waals surface area contributed by atoms with Crippen molar-refractivity contribution < 1.29 is 4.74 Å². The first-order valence-corrected chi connectivity index (χ1v) is 6.86. The fraction of sp³-hybridized carbons (Fsp3) is 0.750. The van der Waals surface area contributed by atoms with E-state index in [-0.39, 0.29) is 5.41 Å². The molecule has 1 aromatic rings. The van der Waals surface area contributed by atoms with Gasteiger partial charge in [0.1, 0.15) is 0 Å². The molecule has 0 radical (unpaired) electrons. The Morgan fingerprint density at radius 2 is 2.50 bits per heavy atom. The Morgan fingerprint density at radius 1 is 1.62 bits per heavy atom. The zero-order chi connectivity index (χ0) is 11.2. The summed E-state index contributed by atoms with van der Waals surface area (Å²) < 4.78 is 5.78. The first-order valence-electron chi connectivity index (χ1n) is 5.91. The SMILES string of the molecule is CC1(C)C(NCc2cscn2)C2CCOC21. The summed E-state index contributed by atoms with van der Waals surface area (Å²) in [5.74, 6) is 0.716. The molecule has 1 aromatic heterocycles. The van der Waals surface area contributed by atoms with Crippen LogP contribution < -0.4 is 5.32 Å². The average molecular weight is 238 g/mol. The van der Waals surface area contributed by atoms with Gasteiger partial charge in [-0.25, -0.2) is 4.98 Å². The molecule has 4 heteroatoms. The molecule has 2 aliphatic rings. The number of nitrogens with one attached hydrogen (secondary N) is 1. The van der Waals surface area contributed by atoms with Crippen molar-refractivity contribution in [2.45, 2.75) is 39.0 Å². The minimum atomic E-state index is 0.275. The average Bonchev–Trinajstić information content (AvgIpc) is 2.86. The van der Waals surface area contributed by atoms with Gasteiger partial charge in [0.2, 0.25) is 0 Å². The molecule has 0 bridgehead atoms. The van der Waals surface area contributed by atoms with Crippen LogP contribution in [-0.4, -0.2) is 23.7 Å². The Hall–Kier alpha value is -0.450. The molecule has 0 aromatic carbocycles. The summed E-state index contributed by atoms with van der Waals surface area (Å²) in [6.07, 6.45) is 1.68. The first-order chi connectivity index (χ1) is 7.69. The van der Waals surface area contributed by atoms with E-state index >= 15 is 0 Å². The smallest absolute Gasteiger partial charge is 0.0795 e. The van der Waals surface area contributed by atoms with Crippen LogP contribution in [0, 0.1) is 11.3 Å². The summed E-state index contributed by atoms with van der Waals surface area (Å²) in [7, 11) is 0. The number of aromatic nitrogens is 1. The fourth-order valence-electron chi connectivity index (χ4n) is 3.28. The Balaban J connectivity index is 1.63. The molecule has 1 saturated carbocycles. The van der Waals surface area contributed by atoms with Crippen LogP contribution in [0.4, 0.5) is 0 Å². The molecule has 2 heterocycles. The number of thiazole rings is 1. The van der Waals surface area contributed by atoms with Crippen LogP contribution in [0.25, 0.3) is 0 Å². The van der Waals surface area contributed by atoms with Crippen LogP contribution in [0.1, 0.15) is 26.0 Å². The van der Waals surface area contributed by atoms with E-state index in [9.17, 15) is 0 Å². The molecule has 16 heavy (non-hydrogen) atoms. The van der Waals surface area contributed by atoms with Gasteiger partial charge in [0.15, 0.2) is 0 Å². The van der Waals surface area contributed by atoms with E-state index < -0.39 is 0 Å². The molecule has 3 atom stereocenters. The Kier molecular flexibility index (Phi) is 2.53. The summed E-state index contributed by atoms with van der Waals surface area (Å²) in [5, 5.41) is 5.76. The molecule has 1 saturated heterocycles. The molecular weight excluding hydrogens is 220 g/mol. The Morgan fingerprint density at radius 3 is 3.25 bits per heavy atom. The minimum absolute atomic E-state index is 0.275. The zero-order valence-corrected chi connectivity index (χ0v) is 10.6. The normalized spacial score (nSPS) is 35.8. The molecule has 0 amide bonds. The second-order valence-electron chi connectivity index (χ2n) is 5.40. The third kappa shape index (κ3) is 1.51. The molecule has 1 aliphatic carbocycles. The number of rotatable bonds is 3. The highest BCUT2D eigenvalue weighted by Crippen LogP contribution is 2.52. The molecule has 1 N–H and O–H groups in total.